The van der Waals surface area contributed by atoms with E-state index < -0.39 is 0 Å². The summed E-state index contributed by atoms with van der Waals surface area (Å²) >= 11 is 11.9. The van der Waals surface area contributed by atoms with E-state index in [2.05, 4.69) is 6.92 Å². The molecule has 0 bridgehead atoms. The summed E-state index contributed by atoms with van der Waals surface area (Å²) in [4.78, 5) is 12.1. The standard InChI is InChI=1S/C14H19Cl2NO/c1-2-10(8-9-17)6-7-13(18)11-4-3-5-12(15)14(11)16/h3-5,10H,2,6-9,17H2,1H3. The average molecular weight is 288 g/mol. The van der Waals surface area contributed by atoms with Gasteiger partial charge in [0.1, 0.15) is 0 Å². The second kappa shape index (κ2) is 7.78. The van der Waals surface area contributed by atoms with Crippen LogP contribution in [0, 0.1) is 5.92 Å². The zero-order valence-corrected chi connectivity index (χ0v) is 12.1. The van der Waals surface area contributed by atoms with E-state index in [1.807, 2.05) is 0 Å². The first kappa shape index (κ1) is 15.5. The van der Waals surface area contributed by atoms with Crippen LogP contribution in [0.5, 0.6) is 0 Å². The van der Waals surface area contributed by atoms with Crippen LogP contribution in [0.15, 0.2) is 18.2 Å². The quantitative estimate of drug-likeness (QED) is 0.759. The summed E-state index contributed by atoms with van der Waals surface area (Å²) in [5.74, 6) is 0.565. The molecule has 0 aliphatic heterocycles. The summed E-state index contributed by atoms with van der Waals surface area (Å²) in [6.07, 6.45) is 3.37. The summed E-state index contributed by atoms with van der Waals surface area (Å²) in [7, 11) is 0. The third kappa shape index (κ3) is 4.27. The average Bonchev–Trinajstić information content (AvgIpc) is 2.37. The molecule has 4 heteroatoms. The van der Waals surface area contributed by atoms with Crippen molar-refractivity contribution in [1.82, 2.24) is 0 Å². The molecule has 0 amide bonds. The fourth-order valence-electron chi connectivity index (χ4n) is 1.98. The van der Waals surface area contributed by atoms with Gasteiger partial charge in [0.05, 0.1) is 10.0 Å². The molecule has 1 aromatic rings. The van der Waals surface area contributed by atoms with Crippen LogP contribution in [0.2, 0.25) is 10.0 Å². The van der Waals surface area contributed by atoms with E-state index in [9.17, 15) is 4.79 Å². The predicted molar refractivity (Wildman–Crippen MR) is 77.5 cm³/mol. The Hall–Kier alpha value is -0.570. The molecule has 100 valence electrons. The Kier molecular flexibility index (Phi) is 6.69. The first-order chi connectivity index (χ1) is 8.60. The molecule has 1 aromatic carbocycles. The highest BCUT2D eigenvalue weighted by molar-refractivity contribution is 6.43. The number of nitrogens with two attached hydrogens (primary N) is 1. The van der Waals surface area contributed by atoms with Crippen molar-refractivity contribution in [3.63, 3.8) is 0 Å². The molecule has 0 radical (unpaired) electrons. The van der Waals surface area contributed by atoms with E-state index in [1.54, 1.807) is 18.2 Å². The monoisotopic (exact) mass is 287 g/mol. The summed E-state index contributed by atoms with van der Waals surface area (Å²) < 4.78 is 0. The van der Waals surface area contributed by atoms with Crippen LogP contribution in [0.25, 0.3) is 0 Å². The highest BCUT2D eigenvalue weighted by Crippen LogP contribution is 2.27. The highest BCUT2D eigenvalue weighted by Gasteiger charge is 2.14. The molecule has 1 atom stereocenters. The lowest BCUT2D eigenvalue weighted by molar-refractivity contribution is 0.0973. The molecule has 1 rings (SSSR count). The first-order valence-corrected chi connectivity index (χ1v) is 7.03. The summed E-state index contributed by atoms with van der Waals surface area (Å²) in [6, 6.07) is 5.16. The molecule has 0 fully saturated rings. The van der Waals surface area contributed by atoms with Crippen molar-refractivity contribution < 1.29 is 4.79 Å². The molecule has 0 saturated heterocycles. The predicted octanol–water partition coefficient (Wildman–Crippen LogP) is 4.33. The minimum absolute atomic E-state index is 0.0537. The molecule has 0 heterocycles. The second-order valence-corrected chi connectivity index (χ2v) is 5.20. The Balaban J connectivity index is 2.62. The van der Waals surface area contributed by atoms with Gasteiger partial charge in [-0.05, 0) is 37.4 Å². The Morgan fingerprint density at radius 3 is 2.67 bits per heavy atom. The number of hydrogen-bond donors (Lipinski definition) is 1. The largest absolute Gasteiger partial charge is 0.330 e. The SMILES string of the molecule is CCC(CCN)CCC(=O)c1cccc(Cl)c1Cl. The van der Waals surface area contributed by atoms with Gasteiger partial charge in [-0.2, -0.15) is 0 Å². The Labute approximate surface area is 118 Å². The van der Waals surface area contributed by atoms with Gasteiger partial charge in [0.15, 0.2) is 5.78 Å². The van der Waals surface area contributed by atoms with Gasteiger partial charge in [0.2, 0.25) is 0 Å². The highest BCUT2D eigenvalue weighted by atomic mass is 35.5. The second-order valence-electron chi connectivity index (χ2n) is 4.41. The lowest BCUT2D eigenvalue weighted by Gasteiger charge is -2.13. The van der Waals surface area contributed by atoms with Gasteiger partial charge in [0.25, 0.3) is 0 Å². The summed E-state index contributed by atoms with van der Waals surface area (Å²) in [5, 5.41) is 0.785. The lowest BCUT2D eigenvalue weighted by Crippen LogP contribution is -2.10. The van der Waals surface area contributed by atoms with Gasteiger partial charge in [-0.1, -0.05) is 42.6 Å². The van der Waals surface area contributed by atoms with Gasteiger partial charge in [-0.15, -0.1) is 0 Å². The van der Waals surface area contributed by atoms with Crippen LogP contribution < -0.4 is 5.73 Å². The van der Waals surface area contributed by atoms with E-state index in [4.69, 9.17) is 28.9 Å². The van der Waals surface area contributed by atoms with Crippen LogP contribution in [-0.2, 0) is 0 Å². The van der Waals surface area contributed by atoms with Crippen molar-refractivity contribution in [2.45, 2.75) is 32.6 Å². The van der Waals surface area contributed by atoms with Crippen LogP contribution in [0.4, 0.5) is 0 Å². The van der Waals surface area contributed by atoms with Gasteiger partial charge >= 0.3 is 0 Å². The van der Waals surface area contributed by atoms with Gasteiger partial charge in [-0.3, -0.25) is 4.79 Å². The van der Waals surface area contributed by atoms with Crippen molar-refractivity contribution in [3.05, 3.63) is 33.8 Å². The third-order valence-electron chi connectivity index (χ3n) is 3.18. The minimum atomic E-state index is 0.0537. The third-order valence-corrected chi connectivity index (χ3v) is 4.00. The van der Waals surface area contributed by atoms with Crippen LogP contribution in [-0.4, -0.2) is 12.3 Å². The van der Waals surface area contributed by atoms with Gasteiger partial charge in [-0.25, -0.2) is 0 Å². The van der Waals surface area contributed by atoms with E-state index in [1.165, 1.54) is 0 Å². The maximum Gasteiger partial charge on any atom is 0.164 e. The number of halogens is 2. The van der Waals surface area contributed by atoms with Crippen molar-refractivity contribution in [2.75, 3.05) is 6.54 Å². The molecule has 2 nitrogen and oxygen atoms in total. The molecule has 18 heavy (non-hydrogen) atoms. The fourth-order valence-corrected chi connectivity index (χ4v) is 2.38. The smallest absolute Gasteiger partial charge is 0.164 e. The summed E-state index contributed by atoms with van der Waals surface area (Å²) in [6.45, 7) is 2.79. The molecular weight excluding hydrogens is 269 g/mol. The first-order valence-electron chi connectivity index (χ1n) is 6.27. The number of rotatable bonds is 7. The van der Waals surface area contributed by atoms with Crippen molar-refractivity contribution >= 4 is 29.0 Å². The van der Waals surface area contributed by atoms with Gasteiger partial charge in [0, 0.05) is 12.0 Å². The fraction of sp³-hybridized carbons (Fsp3) is 0.500. The molecule has 0 aromatic heterocycles. The van der Waals surface area contributed by atoms with E-state index >= 15 is 0 Å². The zero-order valence-electron chi connectivity index (χ0n) is 10.6. The molecule has 0 aliphatic carbocycles. The maximum absolute atomic E-state index is 12.1. The van der Waals surface area contributed by atoms with Crippen LogP contribution in [0.3, 0.4) is 0 Å². The van der Waals surface area contributed by atoms with E-state index in [0.29, 0.717) is 34.5 Å². The van der Waals surface area contributed by atoms with Crippen molar-refractivity contribution in [3.8, 4) is 0 Å². The molecule has 1 unspecified atom stereocenters. The Morgan fingerprint density at radius 1 is 1.33 bits per heavy atom. The number of hydrogen-bond acceptors (Lipinski definition) is 2. The van der Waals surface area contributed by atoms with Crippen molar-refractivity contribution in [1.29, 1.82) is 0 Å². The number of ketones is 1. The number of benzene rings is 1. The lowest BCUT2D eigenvalue weighted by atomic mass is 9.94. The summed E-state index contributed by atoms with van der Waals surface area (Å²) in [5.41, 5.74) is 6.06. The maximum atomic E-state index is 12.1. The Bertz CT molecular complexity index is 407. The normalized spacial score (nSPS) is 12.4. The Morgan fingerprint density at radius 2 is 2.06 bits per heavy atom. The van der Waals surface area contributed by atoms with Crippen LogP contribution in [0.1, 0.15) is 43.0 Å². The number of carbonyl (C=O) groups excluding carboxylic acids is 1. The van der Waals surface area contributed by atoms with Crippen LogP contribution >= 0.6 is 23.2 Å². The van der Waals surface area contributed by atoms with E-state index in [-0.39, 0.29) is 5.78 Å². The zero-order chi connectivity index (χ0) is 13.5. The van der Waals surface area contributed by atoms with Gasteiger partial charge < -0.3 is 5.73 Å². The molecular formula is C14H19Cl2NO. The molecule has 0 saturated carbocycles. The molecule has 2 N–H and O–H groups in total. The molecule has 0 spiro atoms. The topological polar surface area (TPSA) is 43.1 Å². The van der Waals surface area contributed by atoms with Crippen molar-refractivity contribution in [2.24, 2.45) is 11.7 Å². The molecule has 0 aliphatic rings. The number of carbonyl (C=O) groups is 1. The number of Topliss-reactive ketones (excluding diaryl/α,β-unsaturated/α-hetero) is 1. The van der Waals surface area contributed by atoms with E-state index in [0.717, 1.165) is 19.3 Å². The minimum Gasteiger partial charge on any atom is -0.330 e.